The van der Waals surface area contributed by atoms with Crippen LogP contribution in [-0.4, -0.2) is 21.2 Å². The fourth-order valence-corrected chi connectivity index (χ4v) is 1.27. The number of nitrogens with zero attached hydrogens (tertiary/aromatic N) is 3. The van der Waals surface area contributed by atoms with E-state index in [1.807, 2.05) is 0 Å². The van der Waals surface area contributed by atoms with E-state index in [9.17, 15) is 18.0 Å². The van der Waals surface area contributed by atoms with Gasteiger partial charge in [-0.3, -0.25) is 14.8 Å². The molecule has 2 aromatic rings. The van der Waals surface area contributed by atoms with Crippen LogP contribution in [0.5, 0.6) is 0 Å². The molecule has 2 rings (SSSR count). The van der Waals surface area contributed by atoms with Crippen LogP contribution >= 0.6 is 0 Å². The molecule has 7 heteroatoms. The van der Waals surface area contributed by atoms with E-state index in [-0.39, 0.29) is 11.4 Å². The minimum Gasteiger partial charge on any atom is -0.296 e. The highest BCUT2D eigenvalue weighted by Gasteiger charge is 2.33. The molecular formula is C11H6F3N3O. The molecular weight excluding hydrogens is 247 g/mol. The van der Waals surface area contributed by atoms with Gasteiger partial charge in [-0.25, -0.2) is 4.98 Å². The van der Waals surface area contributed by atoms with E-state index in [0.717, 1.165) is 0 Å². The molecule has 2 aromatic heterocycles. The van der Waals surface area contributed by atoms with Crippen molar-refractivity contribution < 1.29 is 18.0 Å². The Morgan fingerprint density at radius 2 is 1.89 bits per heavy atom. The molecule has 0 amide bonds. The van der Waals surface area contributed by atoms with Crippen molar-refractivity contribution in [1.29, 1.82) is 0 Å². The van der Waals surface area contributed by atoms with Crippen molar-refractivity contribution in [1.82, 2.24) is 15.0 Å². The van der Waals surface area contributed by atoms with Crippen molar-refractivity contribution in [2.45, 2.75) is 6.18 Å². The van der Waals surface area contributed by atoms with Crippen molar-refractivity contribution in [3.8, 4) is 11.3 Å². The normalized spacial score (nSPS) is 11.3. The average molecular weight is 253 g/mol. The molecule has 0 aliphatic rings. The van der Waals surface area contributed by atoms with Crippen molar-refractivity contribution >= 4 is 6.29 Å². The molecule has 2 heterocycles. The van der Waals surface area contributed by atoms with E-state index in [2.05, 4.69) is 15.0 Å². The highest BCUT2D eigenvalue weighted by molar-refractivity contribution is 5.72. The fraction of sp³-hybridized carbons (Fsp3) is 0.0909. The Kier molecular flexibility index (Phi) is 3.05. The van der Waals surface area contributed by atoms with E-state index in [1.165, 1.54) is 24.5 Å². The second-order valence-electron chi connectivity index (χ2n) is 3.38. The Bertz CT molecular complexity index is 566. The van der Waals surface area contributed by atoms with Gasteiger partial charge in [0.1, 0.15) is 5.69 Å². The zero-order chi connectivity index (χ0) is 13.2. The third-order valence-corrected chi connectivity index (χ3v) is 2.13. The SMILES string of the molecule is O=Cc1ccc(-c2cncc(C(F)(F)F)n2)cn1. The first-order valence-corrected chi connectivity index (χ1v) is 4.81. The number of carbonyl (C=O) groups is 1. The van der Waals surface area contributed by atoms with E-state index in [4.69, 9.17) is 0 Å². The maximum Gasteiger partial charge on any atom is 0.434 e. The average Bonchev–Trinajstić information content (AvgIpc) is 2.38. The van der Waals surface area contributed by atoms with Gasteiger partial charge < -0.3 is 0 Å². The second kappa shape index (κ2) is 4.52. The highest BCUT2D eigenvalue weighted by Crippen LogP contribution is 2.28. The summed E-state index contributed by atoms with van der Waals surface area (Å²) in [6, 6.07) is 2.85. The quantitative estimate of drug-likeness (QED) is 0.771. The number of halogens is 3. The molecule has 0 fully saturated rings. The predicted molar refractivity (Wildman–Crippen MR) is 55.7 cm³/mol. The first kappa shape index (κ1) is 12.2. The highest BCUT2D eigenvalue weighted by atomic mass is 19.4. The van der Waals surface area contributed by atoms with E-state index in [1.54, 1.807) is 0 Å². The maximum atomic E-state index is 12.4. The van der Waals surface area contributed by atoms with Crippen molar-refractivity contribution in [2.24, 2.45) is 0 Å². The Morgan fingerprint density at radius 3 is 2.44 bits per heavy atom. The molecule has 0 bridgehead atoms. The number of hydrogen-bond donors (Lipinski definition) is 0. The summed E-state index contributed by atoms with van der Waals surface area (Å²) in [5, 5.41) is 0. The Morgan fingerprint density at radius 1 is 1.11 bits per heavy atom. The summed E-state index contributed by atoms with van der Waals surface area (Å²) >= 11 is 0. The lowest BCUT2D eigenvalue weighted by Crippen LogP contribution is -2.09. The minimum atomic E-state index is -4.54. The Labute approximate surface area is 99.5 Å². The van der Waals surface area contributed by atoms with Gasteiger partial charge in [-0.1, -0.05) is 0 Å². The number of alkyl halides is 3. The number of aldehydes is 1. The van der Waals surface area contributed by atoms with Crippen molar-refractivity contribution in [2.75, 3.05) is 0 Å². The molecule has 4 nitrogen and oxygen atoms in total. The maximum absolute atomic E-state index is 12.4. The summed E-state index contributed by atoms with van der Waals surface area (Å²) < 4.78 is 37.3. The molecule has 0 spiro atoms. The van der Waals surface area contributed by atoms with Crippen LogP contribution in [0.4, 0.5) is 13.2 Å². The smallest absolute Gasteiger partial charge is 0.296 e. The van der Waals surface area contributed by atoms with Crippen LogP contribution in [0.3, 0.4) is 0 Å². The van der Waals surface area contributed by atoms with Gasteiger partial charge in [0.05, 0.1) is 18.1 Å². The van der Waals surface area contributed by atoms with E-state index < -0.39 is 11.9 Å². The van der Waals surface area contributed by atoms with Gasteiger partial charge in [0.25, 0.3) is 0 Å². The number of aromatic nitrogens is 3. The van der Waals surface area contributed by atoms with E-state index in [0.29, 0.717) is 18.0 Å². The van der Waals surface area contributed by atoms with Crippen molar-refractivity contribution in [3.63, 3.8) is 0 Å². The number of hydrogen-bond acceptors (Lipinski definition) is 4. The molecule has 92 valence electrons. The van der Waals surface area contributed by atoms with Crippen LogP contribution in [0.15, 0.2) is 30.7 Å². The summed E-state index contributed by atoms with van der Waals surface area (Å²) in [6.45, 7) is 0. The lowest BCUT2D eigenvalue weighted by Gasteiger charge is -2.06. The monoisotopic (exact) mass is 253 g/mol. The van der Waals surface area contributed by atoms with Gasteiger partial charge in [0, 0.05) is 11.8 Å². The first-order chi connectivity index (χ1) is 8.50. The molecule has 0 saturated carbocycles. The summed E-state index contributed by atoms with van der Waals surface area (Å²) in [4.78, 5) is 21.1. The zero-order valence-corrected chi connectivity index (χ0v) is 8.85. The Balaban J connectivity index is 2.41. The van der Waals surface area contributed by atoms with Gasteiger partial charge in [-0.15, -0.1) is 0 Å². The van der Waals surface area contributed by atoms with Gasteiger partial charge in [0.15, 0.2) is 12.0 Å². The predicted octanol–water partition coefficient (Wildman–Crippen LogP) is 2.37. The van der Waals surface area contributed by atoms with Crippen LogP contribution in [0.2, 0.25) is 0 Å². The fourth-order valence-electron chi connectivity index (χ4n) is 1.27. The number of pyridine rings is 1. The zero-order valence-electron chi connectivity index (χ0n) is 8.85. The molecule has 0 aromatic carbocycles. The third-order valence-electron chi connectivity index (χ3n) is 2.13. The summed E-state index contributed by atoms with van der Waals surface area (Å²) in [5.74, 6) is 0. The number of rotatable bonds is 2. The van der Waals surface area contributed by atoms with Crippen LogP contribution in [-0.2, 0) is 6.18 Å². The lowest BCUT2D eigenvalue weighted by molar-refractivity contribution is -0.141. The van der Waals surface area contributed by atoms with Gasteiger partial charge in [0.2, 0.25) is 0 Å². The van der Waals surface area contributed by atoms with Gasteiger partial charge in [-0.2, -0.15) is 13.2 Å². The molecule has 0 radical (unpaired) electrons. The Hall–Kier alpha value is -2.31. The summed E-state index contributed by atoms with van der Waals surface area (Å²) in [5.41, 5.74) is -0.466. The largest absolute Gasteiger partial charge is 0.434 e. The first-order valence-electron chi connectivity index (χ1n) is 4.81. The topological polar surface area (TPSA) is 55.7 Å². The standard InChI is InChI=1S/C11H6F3N3O/c12-11(13,14)10-5-15-4-9(17-10)7-1-2-8(6-18)16-3-7/h1-6H. The molecule has 0 aliphatic carbocycles. The molecule has 0 N–H and O–H groups in total. The molecule has 0 unspecified atom stereocenters. The minimum absolute atomic E-state index is 0.0507. The lowest BCUT2D eigenvalue weighted by atomic mass is 10.2. The second-order valence-corrected chi connectivity index (χ2v) is 3.38. The molecule has 0 saturated heterocycles. The molecule has 0 atom stereocenters. The summed E-state index contributed by atoms with van der Waals surface area (Å²) in [6.07, 6.45) is -0.877. The van der Waals surface area contributed by atoms with Crippen LogP contribution < -0.4 is 0 Å². The van der Waals surface area contributed by atoms with E-state index >= 15 is 0 Å². The summed E-state index contributed by atoms with van der Waals surface area (Å²) in [7, 11) is 0. The number of carbonyl (C=O) groups excluding carboxylic acids is 1. The van der Waals surface area contributed by atoms with Gasteiger partial charge in [-0.05, 0) is 12.1 Å². The van der Waals surface area contributed by atoms with Crippen LogP contribution in [0.1, 0.15) is 16.2 Å². The van der Waals surface area contributed by atoms with Crippen LogP contribution in [0, 0.1) is 0 Å². The third kappa shape index (κ3) is 2.50. The van der Waals surface area contributed by atoms with Crippen molar-refractivity contribution in [3.05, 3.63) is 42.1 Å². The molecule has 18 heavy (non-hydrogen) atoms. The van der Waals surface area contributed by atoms with Crippen LogP contribution in [0.25, 0.3) is 11.3 Å². The van der Waals surface area contributed by atoms with Gasteiger partial charge >= 0.3 is 6.18 Å². The molecule has 0 aliphatic heterocycles.